The van der Waals surface area contributed by atoms with Gasteiger partial charge in [-0.05, 0) is 50.8 Å². The molecule has 2 heterocycles. The molecule has 0 bridgehead atoms. The molecular weight excluding hydrogens is 364 g/mol. The largest absolute Gasteiger partial charge is 0.438 e. The monoisotopic (exact) mass is 390 g/mol. The number of pyridine rings is 1. The van der Waals surface area contributed by atoms with Crippen molar-refractivity contribution in [3.63, 3.8) is 0 Å². The van der Waals surface area contributed by atoms with E-state index in [2.05, 4.69) is 16.9 Å². The van der Waals surface area contributed by atoms with Crippen molar-refractivity contribution in [1.82, 2.24) is 4.98 Å². The number of rotatable bonds is 5. The SMILES string of the molecule is CC(=O)N1c2ccc(C(C=NC3CC3)=CN)c(Oc3ccccn3)c2CCC1C. The minimum atomic E-state index is 0.0277. The van der Waals surface area contributed by atoms with Crippen LogP contribution in [-0.4, -0.2) is 29.2 Å². The van der Waals surface area contributed by atoms with Gasteiger partial charge in [0.15, 0.2) is 0 Å². The number of hydrogen-bond donors (Lipinski definition) is 1. The number of amides is 1. The molecule has 150 valence electrons. The molecule has 6 nitrogen and oxygen atoms in total. The Kier molecular flexibility index (Phi) is 5.34. The van der Waals surface area contributed by atoms with Crippen molar-refractivity contribution in [2.75, 3.05) is 4.90 Å². The number of carbonyl (C=O) groups is 1. The minimum absolute atomic E-state index is 0.0277. The Morgan fingerprint density at radius 3 is 2.76 bits per heavy atom. The van der Waals surface area contributed by atoms with E-state index in [0.29, 0.717) is 17.7 Å². The lowest BCUT2D eigenvalue weighted by Crippen LogP contribution is -2.40. The molecule has 0 spiro atoms. The average Bonchev–Trinajstić information content (AvgIpc) is 3.54. The van der Waals surface area contributed by atoms with Gasteiger partial charge in [-0.2, -0.15) is 0 Å². The van der Waals surface area contributed by atoms with Crippen molar-refractivity contribution in [3.05, 3.63) is 53.9 Å². The Bertz CT molecular complexity index is 964. The molecule has 1 aliphatic carbocycles. The first-order valence-electron chi connectivity index (χ1n) is 10.1. The normalized spacial score (nSPS) is 19.3. The number of allylic oxidation sites excluding steroid dienone is 1. The van der Waals surface area contributed by atoms with Gasteiger partial charge in [-0.3, -0.25) is 9.79 Å². The first-order chi connectivity index (χ1) is 14.1. The van der Waals surface area contributed by atoms with Crippen LogP contribution in [-0.2, 0) is 11.2 Å². The fourth-order valence-corrected chi connectivity index (χ4v) is 3.75. The number of benzene rings is 1. The van der Waals surface area contributed by atoms with Crippen molar-refractivity contribution in [2.24, 2.45) is 10.7 Å². The quantitative estimate of drug-likeness (QED) is 0.780. The van der Waals surface area contributed by atoms with Crippen LogP contribution in [0.25, 0.3) is 5.57 Å². The second kappa shape index (κ2) is 8.07. The third-order valence-electron chi connectivity index (χ3n) is 5.39. The molecule has 1 unspecified atom stereocenters. The molecule has 2 N–H and O–H groups in total. The van der Waals surface area contributed by atoms with Gasteiger partial charge in [0.05, 0.1) is 11.7 Å². The van der Waals surface area contributed by atoms with E-state index in [9.17, 15) is 4.79 Å². The summed E-state index contributed by atoms with van der Waals surface area (Å²) in [7, 11) is 0. The van der Waals surface area contributed by atoms with E-state index < -0.39 is 0 Å². The van der Waals surface area contributed by atoms with E-state index in [-0.39, 0.29) is 11.9 Å². The number of aliphatic imine (C=N–C) groups is 1. The molecule has 2 aliphatic rings. The van der Waals surface area contributed by atoms with Gasteiger partial charge in [-0.25, -0.2) is 4.98 Å². The summed E-state index contributed by atoms with van der Waals surface area (Å²) in [5.41, 5.74) is 9.51. The summed E-state index contributed by atoms with van der Waals surface area (Å²) in [6.07, 6.45) is 9.03. The zero-order valence-corrected chi connectivity index (χ0v) is 16.8. The van der Waals surface area contributed by atoms with Crippen LogP contribution in [0, 0.1) is 0 Å². The molecule has 1 aromatic carbocycles. The van der Waals surface area contributed by atoms with Gasteiger partial charge in [0.25, 0.3) is 0 Å². The summed E-state index contributed by atoms with van der Waals surface area (Å²) < 4.78 is 6.27. The van der Waals surface area contributed by atoms with Crippen molar-refractivity contribution < 1.29 is 9.53 Å². The number of nitrogens with zero attached hydrogens (tertiary/aromatic N) is 3. The first kappa shape index (κ1) is 19.2. The zero-order chi connectivity index (χ0) is 20.4. The van der Waals surface area contributed by atoms with E-state index in [4.69, 9.17) is 10.5 Å². The van der Waals surface area contributed by atoms with Crippen molar-refractivity contribution in [3.8, 4) is 11.6 Å². The zero-order valence-electron chi connectivity index (χ0n) is 16.8. The number of fused-ring (bicyclic) bond motifs is 1. The summed E-state index contributed by atoms with van der Waals surface area (Å²) in [5.74, 6) is 1.23. The van der Waals surface area contributed by atoms with Crippen LogP contribution in [0.5, 0.6) is 11.6 Å². The predicted molar refractivity (Wildman–Crippen MR) is 115 cm³/mol. The summed E-state index contributed by atoms with van der Waals surface area (Å²) in [6, 6.07) is 10.0. The molecule has 1 aromatic heterocycles. The van der Waals surface area contributed by atoms with Crippen LogP contribution in [0.15, 0.2) is 47.7 Å². The highest BCUT2D eigenvalue weighted by molar-refractivity contribution is 6.11. The average molecular weight is 390 g/mol. The number of ether oxygens (including phenoxy) is 1. The van der Waals surface area contributed by atoms with Crippen LogP contribution >= 0.6 is 0 Å². The van der Waals surface area contributed by atoms with Crippen molar-refractivity contribution in [2.45, 2.75) is 51.6 Å². The molecule has 1 aliphatic heterocycles. The highest BCUT2D eigenvalue weighted by Crippen LogP contribution is 2.42. The third-order valence-corrected chi connectivity index (χ3v) is 5.39. The van der Waals surface area contributed by atoms with E-state index in [1.165, 1.54) is 0 Å². The van der Waals surface area contributed by atoms with Crippen molar-refractivity contribution in [1.29, 1.82) is 0 Å². The van der Waals surface area contributed by atoms with Gasteiger partial charge in [0, 0.05) is 54.3 Å². The predicted octanol–water partition coefficient (Wildman–Crippen LogP) is 4.09. The molecule has 1 amide bonds. The standard InChI is InChI=1S/C23H26N4O2/c1-15-6-9-20-21(27(15)16(2)28)11-10-19(17(13-24)14-26-18-7-8-18)23(20)29-22-5-3-4-12-25-22/h3-5,10-15,18H,6-9,24H2,1-2H3. The van der Waals surface area contributed by atoms with Crippen molar-refractivity contribution >= 4 is 23.4 Å². The smallest absolute Gasteiger partial charge is 0.224 e. The molecule has 6 heteroatoms. The summed E-state index contributed by atoms with van der Waals surface area (Å²) >= 11 is 0. The second-order valence-electron chi connectivity index (χ2n) is 7.62. The summed E-state index contributed by atoms with van der Waals surface area (Å²) in [6.45, 7) is 3.68. The number of anilines is 1. The Morgan fingerprint density at radius 1 is 1.28 bits per heavy atom. The van der Waals surface area contributed by atoms with E-state index in [1.54, 1.807) is 19.3 Å². The lowest BCUT2D eigenvalue weighted by Gasteiger charge is -2.36. The number of carbonyl (C=O) groups excluding carboxylic acids is 1. The molecule has 0 saturated heterocycles. The van der Waals surface area contributed by atoms with Gasteiger partial charge < -0.3 is 15.4 Å². The van der Waals surface area contributed by atoms with Crippen LogP contribution < -0.4 is 15.4 Å². The number of aromatic nitrogens is 1. The molecule has 29 heavy (non-hydrogen) atoms. The maximum atomic E-state index is 12.3. The summed E-state index contributed by atoms with van der Waals surface area (Å²) in [5, 5.41) is 0. The van der Waals surface area contributed by atoms with E-state index >= 15 is 0 Å². The fraction of sp³-hybridized carbons (Fsp3) is 0.348. The molecule has 2 aromatic rings. The van der Waals surface area contributed by atoms with Gasteiger partial charge in [-0.15, -0.1) is 0 Å². The Labute approximate surface area is 171 Å². The lowest BCUT2D eigenvalue weighted by atomic mass is 9.92. The van der Waals surface area contributed by atoms with Crippen LogP contribution in [0.3, 0.4) is 0 Å². The number of hydrogen-bond acceptors (Lipinski definition) is 5. The lowest BCUT2D eigenvalue weighted by molar-refractivity contribution is -0.117. The highest BCUT2D eigenvalue weighted by Gasteiger charge is 2.30. The Hall–Kier alpha value is -3.15. The topological polar surface area (TPSA) is 80.8 Å². The van der Waals surface area contributed by atoms with Gasteiger partial charge >= 0.3 is 0 Å². The van der Waals surface area contributed by atoms with Crippen LogP contribution in [0.2, 0.25) is 0 Å². The highest BCUT2D eigenvalue weighted by atomic mass is 16.5. The molecule has 0 radical (unpaired) electrons. The molecule has 1 fully saturated rings. The van der Waals surface area contributed by atoms with Crippen LogP contribution in [0.1, 0.15) is 44.2 Å². The first-order valence-corrected chi connectivity index (χ1v) is 10.1. The summed E-state index contributed by atoms with van der Waals surface area (Å²) in [4.78, 5) is 23.1. The maximum absolute atomic E-state index is 12.3. The molecule has 1 atom stereocenters. The van der Waals surface area contributed by atoms with Gasteiger partial charge in [-0.1, -0.05) is 6.07 Å². The van der Waals surface area contributed by atoms with Gasteiger partial charge in [0.1, 0.15) is 5.75 Å². The maximum Gasteiger partial charge on any atom is 0.224 e. The molecule has 1 saturated carbocycles. The molecular formula is C23H26N4O2. The van der Waals surface area contributed by atoms with Crippen LogP contribution in [0.4, 0.5) is 5.69 Å². The second-order valence-corrected chi connectivity index (χ2v) is 7.62. The Morgan fingerprint density at radius 2 is 2.10 bits per heavy atom. The minimum Gasteiger partial charge on any atom is -0.438 e. The third kappa shape index (κ3) is 4.01. The number of nitrogens with two attached hydrogens (primary N) is 1. The van der Waals surface area contributed by atoms with E-state index in [1.807, 2.05) is 41.4 Å². The fourth-order valence-electron chi connectivity index (χ4n) is 3.75. The van der Waals surface area contributed by atoms with Gasteiger partial charge in [0.2, 0.25) is 11.8 Å². The van der Waals surface area contributed by atoms with E-state index in [0.717, 1.165) is 48.1 Å². The Balaban J connectivity index is 1.83. The molecule has 4 rings (SSSR count).